The Balaban J connectivity index is 1.57. The van der Waals surface area contributed by atoms with Gasteiger partial charge in [0.2, 0.25) is 15.9 Å². The van der Waals surface area contributed by atoms with E-state index >= 15 is 0 Å². The van der Waals surface area contributed by atoms with Gasteiger partial charge in [-0.15, -0.1) is 0 Å². The molecule has 0 radical (unpaired) electrons. The van der Waals surface area contributed by atoms with E-state index in [2.05, 4.69) is 5.32 Å². The SMILES string of the molecule is CCOc1ccc(CN(C)[C@H](C)C(=O)Nc2ccc(S(=O)(=O)N3CCCC3)cc2)cc1. The van der Waals surface area contributed by atoms with Crippen molar-refractivity contribution >= 4 is 21.6 Å². The van der Waals surface area contributed by atoms with Crippen LogP contribution >= 0.6 is 0 Å². The van der Waals surface area contributed by atoms with E-state index in [1.54, 1.807) is 24.3 Å². The summed E-state index contributed by atoms with van der Waals surface area (Å²) in [6, 6.07) is 13.9. The van der Waals surface area contributed by atoms with Crippen molar-refractivity contribution in [3.63, 3.8) is 0 Å². The standard InChI is InChI=1S/C23H31N3O4S/c1-4-30-21-11-7-19(8-12-21)17-25(3)18(2)23(27)24-20-9-13-22(14-10-20)31(28,29)26-15-5-6-16-26/h7-14,18H,4-6,15-17H2,1-3H3,(H,24,27)/t18-/m1/s1. The van der Waals surface area contributed by atoms with Crippen molar-refractivity contribution in [3.05, 3.63) is 54.1 Å². The van der Waals surface area contributed by atoms with Gasteiger partial charge in [0.1, 0.15) is 5.75 Å². The molecule has 168 valence electrons. The Kier molecular flexibility index (Phi) is 7.69. The normalized spacial score (nSPS) is 15.7. The minimum absolute atomic E-state index is 0.149. The smallest absolute Gasteiger partial charge is 0.243 e. The number of hydrogen-bond donors (Lipinski definition) is 1. The molecule has 31 heavy (non-hydrogen) atoms. The minimum atomic E-state index is -3.45. The van der Waals surface area contributed by atoms with Crippen LogP contribution < -0.4 is 10.1 Å². The lowest BCUT2D eigenvalue weighted by atomic mass is 10.1. The van der Waals surface area contributed by atoms with Crippen molar-refractivity contribution in [3.8, 4) is 5.75 Å². The van der Waals surface area contributed by atoms with Gasteiger partial charge in [-0.05, 0) is 75.7 Å². The zero-order chi connectivity index (χ0) is 22.4. The van der Waals surface area contributed by atoms with Gasteiger partial charge < -0.3 is 10.1 Å². The van der Waals surface area contributed by atoms with Crippen LogP contribution in [-0.4, -0.2) is 56.3 Å². The van der Waals surface area contributed by atoms with Crippen molar-refractivity contribution in [2.24, 2.45) is 0 Å². The lowest BCUT2D eigenvalue weighted by Crippen LogP contribution is -2.39. The maximum atomic E-state index is 12.7. The highest BCUT2D eigenvalue weighted by Gasteiger charge is 2.27. The lowest BCUT2D eigenvalue weighted by molar-refractivity contribution is -0.120. The predicted molar refractivity (Wildman–Crippen MR) is 122 cm³/mol. The molecule has 1 aliphatic rings. The molecule has 1 saturated heterocycles. The van der Waals surface area contributed by atoms with Crippen LogP contribution in [0.2, 0.25) is 0 Å². The number of carbonyl (C=O) groups excluding carboxylic acids is 1. The van der Waals surface area contributed by atoms with Crippen LogP contribution in [-0.2, 0) is 21.4 Å². The first-order valence-electron chi connectivity index (χ1n) is 10.6. The average molecular weight is 446 g/mol. The zero-order valence-corrected chi connectivity index (χ0v) is 19.2. The fourth-order valence-electron chi connectivity index (χ4n) is 3.52. The predicted octanol–water partition coefficient (Wildman–Crippen LogP) is 3.33. The number of nitrogens with zero attached hydrogens (tertiary/aromatic N) is 2. The number of sulfonamides is 1. The average Bonchev–Trinajstić information content (AvgIpc) is 3.31. The number of likely N-dealkylation sites (N-methyl/N-ethyl adjacent to an activating group) is 1. The van der Waals surface area contributed by atoms with Crippen LogP contribution in [0.5, 0.6) is 5.75 Å². The van der Waals surface area contributed by atoms with Gasteiger partial charge >= 0.3 is 0 Å². The molecule has 0 spiro atoms. The van der Waals surface area contributed by atoms with Gasteiger partial charge in [-0.1, -0.05) is 12.1 Å². The summed E-state index contributed by atoms with van der Waals surface area (Å²) in [6.45, 7) is 6.17. The van der Waals surface area contributed by atoms with Gasteiger partial charge in [-0.3, -0.25) is 9.69 Å². The van der Waals surface area contributed by atoms with Gasteiger partial charge in [-0.25, -0.2) is 8.42 Å². The minimum Gasteiger partial charge on any atom is -0.494 e. The second-order valence-electron chi connectivity index (χ2n) is 7.79. The number of amides is 1. The van der Waals surface area contributed by atoms with Gasteiger partial charge in [-0.2, -0.15) is 4.31 Å². The molecule has 0 aliphatic carbocycles. The van der Waals surface area contributed by atoms with Gasteiger partial charge in [0, 0.05) is 25.3 Å². The molecule has 8 heteroatoms. The largest absolute Gasteiger partial charge is 0.494 e. The molecule has 1 fully saturated rings. The molecule has 2 aromatic rings. The highest BCUT2D eigenvalue weighted by molar-refractivity contribution is 7.89. The molecule has 1 N–H and O–H groups in total. The van der Waals surface area contributed by atoms with Gasteiger partial charge in [0.15, 0.2) is 0 Å². The first kappa shape index (κ1) is 23.2. The third kappa shape index (κ3) is 5.84. The van der Waals surface area contributed by atoms with Crippen LogP contribution in [0.1, 0.15) is 32.3 Å². The topological polar surface area (TPSA) is 79.0 Å². The molecular weight excluding hydrogens is 414 g/mol. The van der Waals surface area contributed by atoms with Crippen molar-refractivity contribution in [1.29, 1.82) is 0 Å². The molecule has 1 amide bonds. The Hall–Kier alpha value is -2.42. The molecule has 7 nitrogen and oxygen atoms in total. The number of carbonyl (C=O) groups is 1. The maximum Gasteiger partial charge on any atom is 0.243 e. The number of benzene rings is 2. The van der Waals surface area contributed by atoms with Crippen LogP contribution in [0.15, 0.2) is 53.4 Å². The molecular formula is C23H31N3O4S. The summed E-state index contributed by atoms with van der Waals surface area (Å²) in [4.78, 5) is 14.9. The fourth-order valence-corrected chi connectivity index (χ4v) is 5.03. The number of anilines is 1. The Labute approximate surface area is 185 Å². The lowest BCUT2D eigenvalue weighted by Gasteiger charge is -2.24. The molecule has 0 saturated carbocycles. The van der Waals surface area contributed by atoms with Crippen molar-refractivity contribution in [2.45, 2.75) is 44.2 Å². The molecule has 1 heterocycles. The van der Waals surface area contributed by atoms with E-state index in [1.165, 1.54) is 4.31 Å². The Bertz CT molecular complexity index is 969. The van der Waals surface area contributed by atoms with Gasteiger partial charge in [0.25, 0.3) is 0 Å². The molecule has 2 aromatic carbocycles. The summed E-state index contributed by atoms with van der Waals surface area (Å²) in [5, 5.41) is 2.87. The van der Waals surface area contributed by atoms with E-state index in [9.17, 15) is 13.2 Å². The third-order valence-electron chi connectivity index (χ3n) is 5.53. The summed E-state index contributed by atoms with van der Waals surface area (Å²) in [5.41, 5.74) is 1.66. The molecule has 0 aromatic heterocycles. The Morgan fingerprint density at radius 3 is 2.29 bits per heavy atom. The third-order valence-corrected chi connectivity index (χ3v) is 7.44. The summed E-state index contributed by atoms with van der Waals surface area (Å²) in [5.74, 6) is 0.679. The maximum absolute atomic E-state index is 12.7. The van der Waals surface area contributed by atoms with E-state index in [0.717, 1.165) is 24.2 Å². The second kappa shape index (κ2) is 10.3. The van der Waals surface area contributed by atoms with Crippen LogP contribution in [0, 0.1) is 0 Å². The highest BCUT2D eigenvalue weighted by atomic mass is 32.2. The summed E-state index contributed by atoms with van der Waals surface area (Å²) in [7, 11) is -1.56. The van der Waals surface area contributed by atoms with E-state index in [0.29, 0.717) is 31.9 Å². The molecule has 1 aliphatic heterocycles. The number of rotatable bonds is 9. The quantitative estimate of drug-likeness (QED) is 0.641. The van der Waals surface area contributed by atoms with Crippen LogP contribution in [0.25, 0.3) is 0 Å². The van der Waals surface area contributed by atoms with Crippen LogP contribution in [0.4, 0.5) is 5.69 Å². The second-order valence-corrected chi connectivity index (χ2v) is 9.73. The van der Waals surface area contributed by atoms with E-state index in [-0.39, 0.29) is 16.8 Å². The Morgan fingerprint density at radius 2 is 1.71 bits per heavy atom. The molecule has 3 rings (SSSR count). The van der Waals surface area contributed by atoms with Crippen molar-refractivity contribution in [1.82, 2.24) is 9.21 Å². The zero-order valence-electron chi connectivity index (χ0n) is 18.4. The number of ether oxygens (including phenoxy) is 1. The Morgan fingerprint density at radius 1 is 1.10 bits per heavy atom. The van der Waals surface area contributed by atoms with Crippen molar-refractivity contribution in [2.75, 3.05) is 32.1 Å². The van der Waals surface area contributed by atoms with E-state index in [1.807, 2.05) is 50.1 Å². The monoisotopic (exact) mass is 445 g/mol. The summed E-state index contributed by atoms with van der Waals surface area (Å²) in [6.07, 6.45) is 1.80. The first-order valence-corrected chi connectivity index (χ1v) is 12.1. The fraction of sp³-hybridized carbons (Fsp3) is 0.435. The van der Waals surface area contributed by atoms with E-state index in [4.69, 9.17) is 4.74 Å². The number of nitrogens with one attached hydrogen (secondary N) is 1. The molecule has 0 bridgehead atoms. The number of hydrogen-bond acceptors (Lipinski definition) is 5. The van der Waals surface area contributed by atoms with Crippen molar-refractivity contribution < 1.29 is 17.9 Å². The highest BCUT2D eigenvalue weighted by Crippen LogP contribution is 2.22. The van der Waals surface area contributed by atoms with Crippen LogP contribution in [0.3, 0.4) is 0 Å². The summed E-state index contributed by atoms with van der Waals surface area (Å²) < 4.78 is 32.2. The van der Waals surface area contributed by atoms with Gasteiger partial charge in [0.05, 0.1) is 17.5 Å². The molecule has 0 unspecified atom stereocenters. The first-order chi connectivity index (χ1) is 14.8. The van der Waals surface area contributed by atoms with E-state index < -0.39 is 10.0 Å². The molecule has 1 atom stereocenters. The summed E-state index contributed by atoms with van der Waals surface area (Å²) >= 11 is 0.